The van der Waals surface area contributed by atoms with Crippen LogP contribution in [0, 0.1) is 0 Å². The van der Waals surface area contributed by atoms with E-state index < -0.39 is 19.2 Å². The summed E-state index contributed by atoms with van der Waals surface area (Å²) in [6.07, 6.45) is -4.24. The van der Waals surface area contributed by atoms with Crippen molar-refractivity contribution in [2.75, 3.05) is 19.9 Å². The standard InChI is InChI=1S/C14H18F3NO3/c1-2-4-18-8-10-6-12-13(21-9-20-12)7-11(10)19-5-3-14(15,16)17/h6-7,18H,2-5,8-9H2,1H3. The van der Waals surface area contributed by atoms with E-state index in [0.29, 0.717) is 23.8 Å². The molecule has 0 atom stereocenters. The van der Waals surface area contributed by atoms with Crippen LogP contribution in [0.2, 0.25) is 0 Å². The zero-order valence-electron chi connectivity index (χ0n) is 11.8. The Morgan fingerprint density at radius 2 is 1.95 bits per heavy atom. The van der Waals surface area contributed by atoms with Crippen molar-refractivity contribution < 1.29 is 27.4 Å². The van der Waals surface area contributed by atoms with Crippen molar-refractivity contribution in [1.82, 2.24) is 5.32 Å². The predicted octanol–water partition coefficient (Wildman–Crippen LogP) is 3.25. The highest BCUT2D eigenvalue weighted by Crippen LogP contribution is 2.38. The maximum atomic E-state index is 12.2. The zero-order valence-corrected chi connectivity index (χ0v) is 11.8. The third-order valence-electron chi connectivity index (χ3n) is 2.94. The molecular formula is C14H18F3NO3. The van der Waals surface area contributed by atoms with Gasteiger partial charge in [-0.15, -0.1) is 0 Å². The van der Waals surface area contributed by atoms with Crippen LogP contribution in [0.15, 0.2) is 12.1 Å². The van der Waals surface area contributed by atoms with Crippen LogP contribution in [0.4, 0.5) is 13.2 Å². The maximum absolute atomic E-state index is 12.2. The molecule has 1 aliphatic rings. The van der Waals surface area contributed by atoms with Gasteiger partial charge in [-0.3, -0.25) is 0 Å². The molecule has 2 rings (SSSR count). The van der Waals surface area contributed by atoms with Gasteiger partial charge < -0.3 is 19.5 Å². The highest BCUT2D eigenvalue weighted by molar-refractivity contribution is 5.51. The molecule has 1 aliphatic heterocycles. The smallest absolute Gasteiger partial charge is 0.392 e. The van der Waals surface area contributed by atoms with Crippen LogP contribution in [0.1, 0.15) is 25.3 Å². The second kappa shape index (κ2) is 6.89. The molecular weight excluding hydrogens is 287 g/mol. The molecule has 1 heterocycles. The molecule has 7 heteroatoms. The second-order valence-corrected chi connectivity index (χ2v) is 4.70. The normalized spacial score (nSPS) is 13.5. The van der Waals surface area contributed by atoms with E-state index in [-0.39, 0.29) is 6.79 Å². The zero-order chi connectivity index (χ0) is 15.3. The lowest BCUT2D eigenvalue weighted by Crippen LogP contribution is -2.16. The van der Waals surface area contributed by atoms with Gasteiger partial charge in [0.05, 0.1) is 13.0 Å². The minimum absolute atomic E-state index is 0.114. The van der Waals surface area contributed by atoms with Crippen molar-refractivity contribution in [3.63, 3.8) is 0 Å². The van der Waals surface area contributed by atoms with E-state index in [2.05, 4.69) is 5.32 Å². The molecule has 1 N–H and O–H groups in total. The minimum atomic E-state index is -4.23. The first-order valence-corrected chi connectivity index (χ1v) is 6.82. The van der Waals surface area contributed by atoms with Crippen LogP contribution in [0.5, 0.6) is 17.2 Å². The molecule has 0 aromatic heterocycles. The Kier molecular flexibility index (Phi) is 5.17. The first kappa shape index (κ1) is 15.8. The first-order valence-electron chi connectivity index (χ1n) is 6.82. The summed E-state index contributed by atoms with van der Waals surface area (Å²) in [6.45, 7) is 3.06. The van der Waals surface area contributed by atoms with Gasteiger partial charge in [-0.25, -0.2) is 0 Å². The predicted molar refractivity (Wildman–Crippen MR) is 70.7 cm³/mol. The number of rotatable bonds is 7. The fraction of sp³-hybridized carbons (Fsp3) is 0.571. The molecule has 0 bridgehead atoms. The maximum Gasteiger partial charge on any atom is 0.392 e. The summed E-state index contributed by atoms with van der Waals surface area (Å²) in [6, 6.07) is 3.33. The summed E-state index contributed by atoms with van der Waals surface area (Å²) < 4.78 is 52.3. The number of halogens is 3. The fourth-order valence-corrected chi connectivity index (χ4v) is 1.91. The van der Waals surface area contributed by atoms with E-state index in [1.165, 1.54) is 0 Å². The van der Waals surface area contributed by atoms with Crippen LogP contribution < -0.4 is 19.5 Å². The van der Waals surface area contributed by atoms with Gasteiger partial charge in [-0.05, 0) is 19.0 Å². The van der Waals surface area contributed by atoms with Crippen molar-refractivity contribution in [1.29, 1.82) is 0 Å². The topological polar surface area (TPSA) is 39.7 Å². The largest absolute Gasteiger partial charge is 0.493 e. The molecule has 0 spiro atoms. The van der Waals surface area contributed by atoms with E-state index in [0.717, 1.165) is 18.5 Å². The Bertz CT molecular complexity index is 477. The molecule has 0 aliphatic carbocycles. The summed E-state index contributed by atoms with van der Waals surface area (Å²) in [7, 11) is 0. The van der Waals surface area contributed by atoms with E-state index >= 15 is 0 Å². The van der Waals surface area contributed by atoms with Crippen molar-refractivity contribution >= 4 is 0 Å². The summed E-state index contributed by atoms with van der Waals surface area (Å²) in [5, 5.41) is 3.19. The van der Waals surface area contributed by atoms with Gasteiger partial charge in [0.1, 0.15) is 5.75 Å². The van der Waals surface area contributed by atoms with Crippen LogP contribution in [0.3, 0.4) is 0 Å². The molecule has 118 valence electrons. The Balaban J connectivity index is 2.05. The molecule has 0 saturated heterocycles. The van der Waals surface area contributed by atoms with E-state index in [9.17, 15) is 13.2 Å². The van der Waals surface area contributed by atoms with Gasteiger partial charge in [-0.1, -0.05) is 6.92 Å². The summed E-state index contributed by atoms with van der Waals surface area (Å²) in [4.78, 5) is 0. The molecule has 21 heavy (non-hydrogen) atoms. The quantitative estimate of drug-likeness (QED) is 0.785. The molecule has 0 amide bonds. The molecule has 0 fully saturated rings. The second-order valence-electron chi connectivity index (χ2n) is 4.70. The number of benzene rings is 1. The SMILES string of the molecule is CCCNCc1cc2c(cc1OCCC(F)(F)F)OCO2. The van der Waals surface area contributed by atoms with Gasteiger partial charge in [0.25, 0.3) is 0 Å². The Morgan fingerprint density at radius 1 is 1.24 bits per heavy atom. The van der Waals surface area contributed by atoms with Crippen LogP contribution >= 0.6 is 0 Å². The highest BCUT2D eigenvalue weighted by atomic mass is 19.4. The summed E-state index contributed by atoms with van der Waals surface area (Å²) in [5.74, 6) is 1.48. The van der Waals surface area contributed by atoms with Crippen molar-refractivity contribution in [2.45, 2.75) is 32.5 Å². The van der Waals surface area contributed by atoms with Crippen molar-refractivity contribution in [2.24, 2.45) is 0 Å². The molecule has 0 unspecified atom stereocenters. The van der Waals surface area contributed by atoms with E-state index in [4.69, 9.17) is 14.2 Å². The van der Waals surface area contributed by atoms with Crippen LogP contribution in [-0.2, 0) is 6.54 Å². The highest BCUT2D eigenvalue weighted by Gasteiger charge is 2.27. The Hall–Kier alpha value is -1.63. The minimum Gasteiger partial charge on any atom is -0.493 e. The van der Waals surface area contributed by atoms with Gasteiger partial charge in [-0.2, -0.15) is 13.2 Å². The molecule has 1 aromatic rings. The summed E-state index contributed by atoms with van der Waals surface area (Å²) >= 11 is 0. The molecule has 0 radical (unpaired) electrons. The monoisotopic (exact) mass is 305 g/mol. The molecule has 4 nitrogen and oxygen atoms in total. The van der Waals surface area contributed by atoms with Crippen LogP contribution in [-0.4, -0.2) is 26.1 Å². The number of hydrogen-bond acceptors (Lipinski definition) is 4. The van der Waals surface area contributed by atoms with Gasteiger partial charge >= 0.3 is 6.18 Å². The number of fused-ring (bicyclic) bond motifs is 1. The van der Waals surface area contributed by atoms with E-state index in [1.54, 1.807) is 12.1 Å². The third kappa shape index (κ3) is 4.70. The third-order valence-corrected chi connectivity index (χ3v) is 2.94. The lowest BCUT2D eigenvalue weighted by atomic mass is 10.1. The fourth-order valence-electron chi connectivity index (χ4n) is 1.91. The van der Waals surface area contributed by atoms with Crippen LogP contribution in [0.25, 0.3) is 0 Å². The van der Waals surface area contributed by atoms with E-state index in [1.807, 2.05) is 6.92 Å². The lowest BCUT2D eigenvalue weighted by molar-refractivity contribution is -0.139. The number of hydrogen-bond donors (Lipinski definition) is 1. The molecule has 1 aromatic carbocycles. The Labute approximate surface area is 121 Å². The number of ether oxygens (including phenoxy) is 3. The average Bonchev–Trinajstić information content (AvgIpc) is 2.84. The number of alkyl halides is 3. The molecule has 0 saturated carbocycles. The summed E-state index contributed by atoms with van der Waals surface area (Å²) in [5.41, 5.74) is 0.759. The van der Waals surface area contributed by atoms with Crippen molar-refractivity contribution in [3.05, 3.63) is 17.7 Å². The van der Waals surface area contributed by atoms with Crippen molar-refractivity contribution in [3.8, 4) is 17.2 Å². The van der Waals surface area contributed by atoms with Gasteiger partial charge in [0.2, 0.25) is 6.79 Å². The first-order chi connectivity index (χ1) is 9.99. The average molecular weight is 305 g/mol. The Morgan fingerprint density at radius 3 is 2.62 bits per heavy atom. The van der Waals surface area contributed by atoms with Gasteiger partial charge in [0, 0.05) is 18.2 Å². The van der Waals surface area contributed by atoms with Gasteiger partial charge in [0.15, 0.2) is 11.5 Å². The lowest BCUT2D eigenvalue weighted by Gasteiger charge is -2.14. The number of nitrogens with one attached hydrogen (secondary N) is 1.